The zero-order valence-electron chi connectivity index (χ0n) is 10.7. The van der Waals surface area contributed by atoms with Crippen LogP contribution in [0.3, 0.4) is 0 Å². The van der Waals surface area contributed by atoms with Gasteiger partial charge in [-0.3, -0.25) is 0 Å². The van der Waals surface area contributed by atoms with Crippen molar-refractivity contribution in [3.8, 4) is 12.1 Å². The lowest BCUT2D eigenvalue weighted by atomic mass is 10.2. The second-order valence-electron chi connectivity index (χ2n) is 4.20. The van der Waals surface area contributed by atoms with Crippen molar-refractivity contribution >= 4 is 22.0 Å². The number of anilines is 2. The monoisotopic (exact) mass is 278 g/mol. The van der Waals surface area contributed by atoms with Crippen LogP contribution in [0.15, 0.2) is 0 Å². The molecule has 0 saturated carbocycles. The predicted molar refractivity (Wildman–Crippen MR) is 72.0 cm³/mol. The van der Waals surface area contributed by atoms with Gasteiger partial charge >= 0.3 is 0 Å². The third-order valence-corrected chi connectivity index (χ3v) is 4.42. The van der Waals surface area contributed by atoms with Gasteiger partial charge in [-0.15, -0.1) is 11.3 Å². The Labute approximate surface area is 115 Å². The number of nitrogen functional groups attached to an aromatic ring is 1. The molecule has 1 aromatic rings. The largest absolute Gasteiger partial charge is 0.396 e. The molecule has 2 atom stereocenters. The van der Waals surface area contributed by atoms with Crippen LogP contribution in [0.5, 0.6) is 0 Å². The lowest BCUT2D eigenvalue weighted by Gasteiger charge is -2.15. The molecule has 6 nitrogen and oxygen atoms in total. The van der Waals surface area contributed by atoms with E-state index >= 15 is 0 Å². The van der Waals surface area contributed by atoms with E-state index in [4.69, 9.17) is 20.5 Å². The minimum atomic E-state index is -0.0506. The molecule has 2 N–H and O–H groups in total. The number of nitriles is 2. The quantitative estimate of drug-likeness (QED) is 0.883. The molecule has 0 radical (unpaired) electrons. The maximum absolute atomic E-state index is 9.19. The first-order valence-electron chi connectivity index (χ1n) is 5.69. The summed E-state index contributed by atoms with van der Waals surface area (Å²) in [4.78, 5) is 2.37. The predicted octanol–water partition coefficient (Wildman–Crippen LogP) is 0.924. The number of hydrogen-bond acceptors (Lipinski definition) is 7. The molecule has 1 aliphatic rings. The number of thiophene rings is 1. The topological polar surface area (TPSA) is 95.3 Å². The Morgan fingerprint density at radius 2 is 1.79 bits per heavy atom. The Balaban J connectivity index is 2.34. The minimum absolute atomic E-state index is 0.0506. The molecule has 19 heavy (non-hydrogen) atoms. The van der Waals surface area contributed by atoms with Gasteiger partial charge in [0, 0.05) is 27.3 Å². The van der Waals surface area contributed by atoms with Crippen LogP contribution in [-0.4, -0.2) is 39.5 Å². The van der Waals surface area contributed by atoms with Gasteiger partial charge in [-0.25, -0.2) is 0 Å². The van der Waals surface area contributed by atoms with Gasteiger partial charge in [0.2, 0.25) is 0 Å². The average Bonchev–Trinajstić information content (AvgIpc) is 2.98. The Bertz CT molecular complexity index is 545. The standard InChI is InChI=1S/C12H14N4O2S/c1-17-8-5-16(6-9(8)18-2)12-7(3-13)11(15)10(4-14)19-12/h8-9H,5-6,15H2,1-2H3. The van der Waals surface area contributed by atoms with Crippen molar-refractivity contribution in [3.63, 3.8) is 0 Å². The number of ether oxygens (including phenoxy) is 2. The summed E-state index contributed by atoms with van der Waals surface area (Å²) >= 11 is 1.24. The van der Waals surface area contributed by atoms with Crippen LogP contribution >= 0.6 is 11.3 Å². The summed E-state index contributed by atoms with van der Waals surface area (Å²) in [5.41, 5.74) is 6.44. The van der Waals surface area contributed by atoms with Crippen LogP contribution in [0.25, 0.3) is 0 Å². The fraction of sp³-hybridized carbons (Fsp3) is 0.500. The first-order valence-corrected chi connectivity index (χ1v) is 6.50. The molecule has 1 saturated heterocycles. The molecular weight excluding hydrogens is 264 g/mol. The van der Waals surface area contributed by atoms with Crippen LogP contribution in [0, 0.1) is 22.7 Å². The first-order chi connectivity index (χ1) is 9.15. The molecule has 2 rings (SSSR count). The third-order valence-electron chi connectivity index (χ3n) is 3.25. The zero-order chi connectivity index (χ0) is 14.0. The summed E-state index contributed by atoms with van der Waals surface area (Å²) in [6.07, 6.45) is -0.101. The van der Waals surface area contributed by atoms with Crippen molar-refractivity contribution in [1.29, 1.82) is 10.5 Å². The molecule has 0 aromatic carbocycles. The van der Waals surface area contributed by atoms with E-state index in [1.54, 1.807) is 14.2 Å². The highest BCUT2D eigenvalue weighted by atomic mass is 32.1. The Morgan fingerprint density at radius 1 is 1.21 bits per heavy atom. The van der Waals surface area contributed by atoms with E-state index in [0.29, 0.717) is 23.5 Å². The van der Waals surface area contributed by atoms with Crippen molar-refractivity contribution in [2.45, 2.75) is 12.2 Å². The highest BCUT2D eigenvalue weighted by molar-refractivity contribution is 7.17. The Kier molecular flexibility index (Phi) is 3.91. The summed E-state index contributed by atoms with van der Waals surface area (Å²) in [6.45, 7) is 1.24. The molecule has 7 heteroatoms. The minimum Gasteiger partial charge on any atom is -0.396 e. The van der Waals surface area contributed by atoms with E-state index in [-0.39, 0.29) is 17.9 Å². The van der Waals surface area contributed by atoms with Crippen LogP contribution < -0.4 is 10.6 Å². The van der Waals surface area contributed by atoms with Gasteiger partial charge in [0.15, 0.2) is 0 Å². The van der Waals surface area contributed by atoms with Crippen molar-refractivity contribution in [2.24, 2.45) is 0 Å². The first kappa shape index (κ1) is 13.6. The van der Waals surface area contributed by atoms with Gasteiger partial charge in [-0.2, -0.15) is 10.5 Å². The molecule has 0 spiro atoms. The van der Waals surface area contributed by atoms with Crippen LogP contribution in [0.4, 0.5) is 10.7 Å². The normalized spacial score (nSPS) is 22.2. The second kappa shape index (κ2) is 5.45. The van der Waals surface area contributed by atoms with E-state index in [2.05, 4.69) is 6.07 Å². The van der Waals surface area contributed by atoms with Crippen LogP contribution in [-0.2, 0) is 9.47 Å². The summed E-state index contributed by atoms with van der Waals surface area (Å²) in [5, 5.41) is 18.9. The lowest BCUT2D eigenvalue weighted by molar-refractivity contribution is -0.00461. The van der Waals surface area contributed by atoms with Crippen LogP contribution in [0.2, 0.25) is 0 Å². The van der Waals surface area contributed by atoms with Crippen molar-refractivity contribution in [1.82, 2.24) is 0 Å². The van der Waals surface area contributed by atoms with Crippen molar-refractivity contribution in [2.75, 3.05) is 37.9 Å². The molecule has 2 heterocycles. The number of nitrogens with two attached hydrogens (primary N) is 1. The van der Waals surface area contributed by atoms with Crippen molar-refractivity contribution in [3.05, 3.63) is 10.4 Å². The van der Waals surface area contributed by atoms with E-state index in [0.717, 1.165) is 5.00 Å². The van der Waals surface area contributed by atoms with E-state index in [1.807, 2.05) is 11.0 Å². The van der Waals surface area contributed by atoms with Gasteiger partial charge in [0.25, 0.3) is 0 Å². The smallest absolute Gasteiger partial charge is 0.131 e. The SMILES string of the molecule is COC1CN(c2sc(C#N)c(N)c2C#N)CC1OC. The second-order valence-corrected chi connectivity index (χ2v) is 5.20. The highest BCUT2D eigenvalue weighted by Crippen LogP contribution is 2.39. The van der Waals surface area contributed by atoms with Gasteiger partial charge in [-0.1, -0.05) is 0 Å². The summed E-state index contributed by atoms with van der Waals surface area (Å²) in [5.74, 6) is 0. The number of methoxy groups -OCH3 is 2. The molecule has 1 aromatic heterocycles. The van der Waals surface area contributed by atoms with Gasteiger partial charge < -0.3 is 20.1 Å². The highest BCUT2D eigenvalue weighted by Gasteiger charge is 2.35. The van der Waals surface area contributed by atoms with E-state index in [1.165, 1.54) is 11.3 Å². The fourth-order valence-electron chi connectivity index (χ4n) is 2.21. The van der Waals surface area contributed by atoms with Crippen molar-refractivity contribution < 1.29 is 9.47 Å². The molecule has 0 bridgehead atoms. The fourth-order valence-corrected chi connectivity index (χ4v) is 3.19. The van der Waals surface area contributed by atoms with Gasteiger partial charge in [0.05, 0.1) is 5.69 Å². The molecule has 2 unspecified atom stereocenters. The Hall–Kier alpha value is -1.80. The summed E-state index contributed by atoms with van der Waals surface area (Å²) in [6, 6.07) is 4.09. The molecular formula is C12H14N4O2S. The maximum Gasteiger partial charge on any atom is 0.131 e. The molecule has 0 amide bonds. The van der Waals surface area contributed by atoms with E-state index in [9.17, 15) is 5.26 Å². The molecule has 100 valence electrons. The maximum atomic E-state index is 9.19. The molecule has 1 fully saturated rings. The Morgan fingerprint density at radius 3 is 2.21 bits per heavy atom. The number of hydrogen-bond donors (Lipinski definition) is 1. The average molecular weight is 278 g/mol. The summed E-state index contributed by atoms with van der Waals surface area (Å²) in [7, 11) is 3.27. The lowest BCUT2D eigenvalue weighted by Crippen LogP contribution is -2.27. The number of rotatable bonds is 3. The van der Waals surface area contributed by atoms with Gasteiger partial charge in [0.1, 0.15) is 39.8 Å². The molecule has 1 aliphatic heterocycles. The van der Waals surface area contributed by atoms with Crippen LogP contribution in [0.1, 0.15) is 10.4 Å². The van der Waals surface area contributed by atoms with Gasteiger partial charge in [-0.05, 0) is 0 Å². The zero-order valence-corrected chi connectivity index (χ0v) is 11.5. The van der Waals surface area contributed by atoms with E-state index < -0.39 is 0 Å². The molecule has 0 aliphatic carbocycles. The summed E-state index contributed by atoms with van der Waals surface area (Å²) < 4.78 is 10.7. The number of nitrogens with zero attached hydrogens (tertiary/aromatic N) is 3. The third kappa shape index (κ3) is 2.24.